The third-order valence-corrected chi connectivity index (χ3v) is 4.85. The highest BCUT2D eigenvalue weighted by molar-refractivity contribution is 5.83. The van der Waals surface area contributed by atoms with E-state index in [0.717, 1.165) is 0 Å². The van der Waals surface area contributed by atoms with Crippen molar-refractivity contribution in [1.29, 1.82) is 0 Å². The smallest absolute Gasteiger partial charge is 0.202 e. The first kappa shape index (κ1) is 22.1. The Balaban J connectivity index is 1.73. The monoisotopic (exact) mass is 458 g/mol. The van der Waals surface area contributed by atoms with E-state index >= 15 is 0 Å². The quantitative estimate of drug-likeness (QED) is 0.149. The minimum absolute atomic E-state index is 0.0410. The summed E-state index contributed by atoms with van der Waals surface area (Å²) in [6, 6.07) is 19.0. The van der Waals surface area contributed by atoms with Gasteiger partial charge in [0, 0.05) is 11.1 Å². The molecule has 0 unspecified atom stereocenters. The molecular weight excluding hydrogens is 440 g/mol. The number of phenolic OH excluding ortho intramolecular Hbond substituents is 6. The van der Waals surface area contributed by atoms with Gasteiger partial charge in [-0.2, -0.15) is 0 Å². The molecule has 0 amide bonds. The van der Waals surface area contributed by atoms with Crippen molar-refractivity contribution in [2.75, 3.05) is 0 Å². The van der Waals surface area contributed by atoms with Gasteiger partial charge in [-0.25, -0.2) is 0 Å². The largest absolute Gasteiger partial charge is 0.504 e. The van der Waals surface area contributed by atoms with Crippen molar-refractivity contribution >= 4 is 22.7 Å². The number of rotatable bonds is 5. The molecule has 0 heterocycles. The van der Waals surface area contributed by atoms with Crippen LogP contribution in [0.2, 0.25) is 0 Å². The Kier molecular flexibility index (Phi) is 5.95. The molecule has 6 N–H and O–H groups in total. The van der Waals surface area contributed by atoms with Gasteiger partial charge in [-0.1, -0.05) is 36.4 Å². The molecule has 4 rings (SSSR count). The molecule has 0 fully saturated rings. The molecule has 4 aromatic rings. The van der Waals surface area contributed by atoms with Crippen LogP contribution in [0.5, 0.6) is 34.5 Å². The number of hydrogen-bond acceptors (Lipinski definition) is 10. The van der Waals surface area contributed by atoms with Crippen LogP contribution in [0.15, 0.2) is 93.3 Å². The van der Waals surface area contributed by atoms with Crippen molar-refractivity contribution < 1.29 is 30.6 Å². The highest BCUT2D eigenvalue weighted by Gasteiger charge is 2.13. The van der Waals surface area contributed by atoms with E-state index in [9.17, 15) is 30.6 Å². The number of azo groups is 2. The Morgan fingerprint density at radius 1 is 0.353 bits per heavy atom. The van der Waals surface area contributed by atoms with Gasteiger partial charge in [0.1, 0.15) is 11.4 Å². The summed E-state index contributed by atoms with van der Waals surface area (Å²) in [5.74, 6) is -3.56. The van der Waals surface area contributed by atoms with Gasteiger partial charge in [0.25, 0.3) is 0 Å². The molecular formula is C24H18N4O6. The zero-order valence-corrected chi connectivity index (χ0v) is 17.4. The number of nitrogens with zero attached hydrogens (tertiary/aromatic N) is 4. The van der Waals surface area contributed by atoms with E-state index in [0.29, 0.717) is 22.5 Å². The summed E-state index contributed by atoms with van der Waals surface area (Å²) >= 11 is 0. The van der Waals surface area contributed by atoms with Crippen molar-refractivity contribution in [2.45, 2.75) is 0 Å². The predicted octanol–water partition coefficient (Wildman–Crippen LogP) is 6.42. The SMILES string of the molecule is Oc1ccc(/N=N/c2ccccc2-c2ccccc2/N=N/c2ccc(O)c(O)c2O)c(O)c1O. The zero-order valence-electron chi connectivity index (χ0n) is 17.4. The minimum Gasteiger partial charge on any atom is -0.504 e. The van der Waals surface area contributed by atoms with Crippen molar-refractivity contribution in [3.05, 3.63) is 72.8 Å². The third-order valence-electron chi connectivity index (χ3n) is 4.85. The molecule has 0 radical (unpaired) electrons. The number of benzene rings is 4. The molecule has 0 aromatic heterocycles. The van der Waals surface area contributed by atoms with Gasteiger partial charge in [-0.05, 0) is 36.4 Å². The van der Waals surface area contributed by atoms with Crippen LogP contribution in [0.4, 0.5) is 22.7 Å². The van der Waals surface area contributed by atoms with Gasteiger partial charge in [0.05, 0.1) is 11.4 Å². The van der Waals surface area contributed by atoms with E-state index < -0.39 is 34.5 Å². The summed E-state index contributed by atoms with van der Waals surface area (Å²) in [6.45, 7) is 0. The first-order valence-corrected chi connectivity index (χ1v) is 9.86. The van der Waals surface area contributed by atoms with E-state index in [1.54, 1.807) is 48.5 Å². The summed E-state index contributed by atoms with van der Waals surface area (Å²) in [5.41, 5.74) is 2.01. The van der Waals surface area contributed by atoms with E-state index in [4.69, 9.17) is 0 Å². The fourth-order valence-electron chi connectivity index (χ4n) is 3.07. The van der Waals surface area contributed by atoms with Crippen LogP contribution in [0, 0.1) is 0 Å². The summed E-state index contributed by atoms with van der Waals surface area (Å²) < 4.78 is 0. The summed E-state index contributed by atoms with van der Waals surface area (Å²) in [7, 11) is 0. The van der Waals surface area contributed by atoms with Gasteiger partial charge < -0.3 is 30.6 Å². The highest BCUT2D eigenvalue weighted by atomic mass is 16.3. The lowest BCUT2D eigenvalue weighted by Crippen LogP contribution is -1.80. The van der Waals surface area contributed by atoms with Gasteiger partial charge in [-0.15, -0.1) is 20.5 Å². The molecule has 0 saturated carbocycles. The minimum atomic E-state index is -0.695. The van der Waals surface area contributed by atoms with E-state index in [1.807, 2.05) is 0 Å². The maximum absolute atomic E-state index is 9.98. The maximum atomic E-state index is 9.98. The highest BCUT2D eigenvalue weighted by Crippen LogP contribution is 2.44. The molecule has 10 nitrogen and oxygen atoms in total. The van der Waals surface area contributed by atoms with Crippen LogP contribution in [-0.4, -0.2) is 30.6 Å². The molecule has 34 heavy (non-hydrogen) atoms. The zero-order chi connectivity index (χ0) is 24.2. The molecule has 170 valence electrons. The molecule has 10 heteroatoms. The normalized spacial score (nSPS) is 11.4. The molecule has 0 spiro atoms. The second-order valence-corrected chi connectivity index (χ2v) is 7.04. The Bertz CT molecular complexity index is 1330. The van der Waals surface area contributed by atoms with Crippen molar-refractivity contribution in [3.63, 3.8) is 0 Å². The summed E-state index contributed by atoms with van der Waals surface area (Å²) in [5, 5.41) is 74.6. The fourth-order valence-corrected chi connectivity index (χ4v) is 3.07. The lowest BCUT2D eigenvalue weighted by atomic mass is 10.0. The van der Waals surface area contributed by atoms with E-state index in [-0.39, 0.29) is 11.4 Å². The van der Waals surface area contributed by atoms with Crippen LogP contribution in [0.3, 0.4) is 0 Å². The molecule has 0 aliphatic heterocycles. The molecule has 0 atom stereocenters. The van der Waals surface area contributed by atoms with Gasteiger partial charge in [0.15, 0.2) is 23.0 Å². The first-order valence-electron chi connectivity index (χ1n) is 9.86. The van der Waals surface area contributed by atoms with Crippen molar-refractivity contribution in [1.82, 2.24) is 0 Å². The lowest BCUT2D eigenvalue weighted by Gasteiger charge is -2.08. The molecule has 0 aliphatic rings. The number of aromatic hydroxyl groups is 6. The molecule has 0 bridgehead atoms. The summed E-state index contributed by atoms with van der Waals surface area (Å²) in [6.07, 6.45) is 0. The van der Waals surface area contributed by atoms with Gasteiger partial charge in [-0.3, -0.25) is 0 Å². The predicted molar refractivity (Wildman–Crippen MR) is 123 cm³/mol. The van der Waals surface area contributed by atoms with E-state index in [2.05, 4.69) is 20.5 Å². The number of phenols is 6. The van der Waals surface area contributed by atoms with Crippen molar-refractivity contribution in [3.8, 4) is 45.6 Å². The Morgan fingerprint density at radius 2 is 0.706 bits per heavy atom. The topological polar surface area (TPSA) is 171 Å². The number of hydrogen-bond donors (Lipinski definition) is 6. The van der Waals surface area contributed by atoms with E-state index in [1.165, 1.54) is 24.3 Å². The second kappa shape index (κ2) is 9.17. The Morgan fingerprint density at radius 3 is 1.12 bits per heavy atom. The maximum Gasteiger partial charge on any atom is 0.202 e. The third kappa shape index (κ3) is 4.28. The molecule has 0 saturated heterocycles. The van der Waals surface area contributed by atoms with Crippen molar-refractivity contribution in [2.24, 2.45) is 20.5 Å². The first-order chi connectivity index (χ1) is 16.4. The van der Waals surface area contributed by atoms with Crippen LogP contribution in [0.25, 0.3) is 11.1 Å². The van der Waals surface area contributed by atoms with Crippen LogP contribution in [-0.2, 0) is 0 Å². The fraction of sp³-hybridized carbons (Fsp3) is 0. The average molecular weight is 458 g/mol. The van der Waals surface area contributed by atoms with Gasteiger partial charge in [0.2, 0.25) is 11.5 Å². The second-order valence-electron chi connectivity index (χ2n) is 7.04. The van der Waals surface area contributed by atoms with Crippen LogP contribution in [0.1, 0.15) is 0 Å². The standard InChI is InChI=1S/C24H18N4O6/c29-19-11-9-17(21(31)23(19)33)27-25-15-7-3-1-5-13(15)14-6-2-4-8-16(14)26-28-18-10-12-20(30)24(34)22(18)32/h1-12,29-34H/b27-25+,28-26+. The van der Waals surface area contributed by atoms with Crippen LogP contribution < -0.4 is 0 Å². The Labute approximate surface area is 192 Å². The molecule has 0 aliphatic carbocycles. The Hall–Kier alpha value is -5.12. The molecule has 4 aromatic carbocycles. The van der Waals surface area contributed by atoms with Gasteiger partial charge >= 0.3 is 0 Å². The average Bonchev–Trinajstić information content (AvgIpc) is 2.85. The van der Waals surface area contributed by atoms with Crippen LogP contribution >= 0.6 is 0 Å². The summed E-state index contributed by atoms with van der Waals surface area (Å²) in [4.78, 5) is 0. The lowest BCUT2D eigenvalue weighted by molar-refractivity contribution is 0.368.